The Kier molecular flexibility index (Phi) is 10.6. The highest BCUT2D eigenvalue weighted by molar-refractivity contribution is 7.99. The Balaban J connectivity index is 1.74. The topological polar surface area (TPSA) is 49.4 Å². The van der Waals surface area contributed by atoms with Gasteiger partial charge in [0.05, 0.1) is 5.75 Å². The Morgan fingerprint density at radius 1 is 1.06 bits per heavy atom. The molecule has 2 amide bonds. The summed E-state index contributed by atoms with van der Waals surface area (Å²) in [6.45, 7) is 4.21. The van der Waals surface area contributed by atoms with Gasteiger partial charge in [-0.05, 0) is 43.9 Å². The van der Waals surface area contributed by atoms with Crippen molar-refractivity contribution in [3.05, 3.63) is 69.2 Å². The SMILES string of the molecule is CC[C@H](C(=O)NC1CCCCC1)N(Cc1c(Cl)cccc1Cl)C(=O)CSCc1ccc(C)cc1. The van der Waals surface area contributed by atoms with Crippen molar-refractivity contribution in [2.75, 3.05) is 5.75 Å². The Hall–Kier alpha value is -1.69. The molecule has 0 saturated heterocycles. The number of benzene rings is 2. The number of hydrogen-bond acceptors (Lipinski definition) is 3. The zero-order valence-corrected chi connectivity index (χ0v) is 22.3. The first-order chi connectivity index (χ1) is 16.4. The Morgan fingerprint density at radius 2 is 1.71 bits per heavy atom. The van der Waals surface area contributed by atoms with Crippen molar-refractivity contribution in [2.45, 2.75) is 76.8 Å². The number of aryl methyl sites for hydroxylation is 1. The lowest BCUT2D eigenvalue weighted by molar-refractivity contribution is -0.139. The molecule has 1 aliphatic carbocycles. The lowest BCUT2D eigenvalue weighted by atomic mass is 9.95. The fraction of sp³-hybridized carbons (Fsp3) is 0.481. The van der Waals surface area contributed by atoms with E-state index in [1.54, 1.807) is 34.9 Å². The van der Waals surface area contributed by atoms with Crippen molar-refractivity contribution < 1.29 is 9.59 Å². The van der Waals surface area contributed by atoms with Crippen LogP contribution in [0.1, 0.15) is 62.1 Å². The molecule has 0 heterocycles. The molecule has 0 bridgehead atoms. The van der Waals surface area contributed by atoms with Crippen LogP contribution in [0.5, 0.6) is 0 Å². The second-order valence-electron chi connectivity index (χ2n) is 8.97. The van der Waals surface area contributed by atoms with Gasteiger partial charge < -0.3 is 10.2 Å². The maximum absolute atomic E-state index is 13.5. The highest BCUT2D eigenvalue weighted by Gasteiger charge is 2.31. The number of hydrogen-bond donors (Lipinski definition) is 1. The van der Waals surface area contributed by atoms with Crippen molar-refractivity contribution >= 4 is 46.8 Å². The molecule has 4 nitrogen and oxygen atoms in total. The van der Waals surface area contributed by atoms with Gasteiger partial charge in [0.15, 0.2) is 0 Å². The third-order valence-corrected chi connectivity index (χ3v) is 8.04. The smallest absolute Gasteiger partial charge is 0.243 e. The van der Waals surface area contributed by atoms with E-state index in [9.17, 15) is 9.59 Å². The van der Waals surface area contributed by atoms with Crippen molar-refractivity contribution in [1.29, 1.82) is 0 Å². The summed E-state index contributed by atoms with van der Waals surface area (Å²) in [6, 6.07) is 13.2. The third-order valence-electron chi connectivity index (χ3n) is 6.34. The van der Waals surface area contributed by atoms with E-state index >= 15 is 0 Å². The van der Waals surface area contributed by atoms with Gasteiger partial charge in [0.25, 0.3) is 0 Å². The van der Waals surface area contributed by atoms with Crippen LogP contribution in [0.4, 0.5) is 0 Å². The third kappa shape index (κ3) is 7.66. The molecule has 0 unspecified atom stereocenters. The first kappa shape index (κ1) is 26.9. The molecule has 1 aliphatic rings. The fourth-order valence-corrected chi connectivity index (χ4v) is 5.73. The number of nitrogens with one attached hydrogen (secondary N) is 1. The van der Waals surface area contributed by atoms with Gasteiger partial charge in [0.1, 0.15) is 6.04 Å². The maximum Gasteiger partial charge on any atom is 0.243 e. The minimum absolute atomic E-state index is 0.0845. The van der Waals surface area contributed by atoms with Crippen LogP contribution in [0.25, 0.3) is 0 Å². The number of halogens is 2. The zero-order valence-electron chi connectivity index (χ0n) is 20.0. The fourth-order valence-electron chi connectivity index (χ4n) is 4.34. The van der Waals surface area contributed by atoms with Crippen molar-refractivity contribution in [1.82, 2.24) is 10.2 Å². The van der Waals surface area contributed by atoms with Gasteiger partial charge in [-0.15, -0.1) is 11.8 Å². The normalized spacial score (nSPS) is 15.1. The van der Waals surface area contributed by atoms with Crippen LogP contribution in [0.2, 0.25) is 10.0 Å². The molecule has 34 heavy (non-hydrogen) atoms. The molecule has 0 aromatic heterocycles. The number of carbonyl (C=O) groups is 2. The molecule has 2 aromatic carbocycles. The van der Waals surface area contributed by atoms with E-state index in [4.69, 9.17) is 23.2 Å². The van der Waals surface area contributed by atoms with Gasteiger partial charge in [-0.3, -0.25) is 9.59 Å². The summed E-state index contributed by atoms with van der Waals surface area (Å²) in [5.41, 5.74) is 3.06. The second kappa shape index (κ2) is 13.4. The van der Waals surface area contributed by atoms with Crippen LogP contribution in [0, 0.1) is 6.92 Å². The Labute approximate surface area is 217 Å². The molecule has 1 fully saturated rings. The highest BCUT2D eigenvalue weighted by Crippen LogP contribution is 2.28. The zero-order chi connectivity index (χ0) is 24.5. The van der Waals surface area contributed by atoms with Crippen LogP contribution in [0.3, 0.4) is 0 Å². The molecule has 0 radical (unpaired) electrons. The summed E-state index contributed by atoms with van der Waals surface area (Å²) in [7, 11) is 0. The van der Waals surface area contributed by atoms with Crippen LogP contribution >= 0.6 is 35.0 Å². The van der Waals surface area contributed by atoms with Gasteiger partial charge in [-0.25, -0.2) is 0 Å². The molecule has 1 atom stereocenters. The van der Waals surface area contributed by atoms with E-state index in [0.29, 0.717) is 22.0 Å². The second-order valence-corrected chi connectivity index (χ2v) is 10.8. The lowest BCUT2D eigenvalue weighted by Gasteiger charge is -2.33. The molecule has 0 spiro atoms. The molecular formula is C27H34Cl2N2O2S. The molecule has 0 aliphatic heterocycles. The first-order valence-corrected chi connectivity index (χ1v) is 14.0. The maximum atomic E-state index is 13.5. The molecule has 1 saturated carbocycles. The molecular weight excluding hydrogens is 487 g/mol. The van der Waals surface area contributed by atoms with E-state index in [1.165, 1.54) is 17.5 Å². The summed E-state index contributed by atoms with van der Waals surface area (Å²) >= 11 is 14.4. The molecule has 184 valence electrons. The lowest BCUT2D eigenvalue weighted by Crippen LogP contribution is -2.52. The molecule has 7 heteroatoms. The van der Waals surface area contributed by atoms with Gasteiger partial charge in [0.2, 0.25) is 11.8 Å². The largest absolute Gasteiger partial charge is 0.352 e. The number of amides is 2. The monoisotopic (exact) mass is 520 g/mol. The van der Waals surface area contributed by atoms with E-state index in [1.807, 2.05) is 6.92 Å². The standard InChI is InChI=1S/C27H34Cl2N2O2S/c1-3-25(27(33)30-21-8-5-4-6-9-21)31(16-22-23(28)10-7-11-24(22)29)26(32)18-34-17-20-14-12-19(2)13-15-20/h7,10-15,21,25H,3-6,8-9,16-18H2,1-2H3,(H,30,33)/t25-/m1/s1. The molecule has 3 rings (SSSR count). The van der Waals surface area contributed by atoms with E-state index < -0.39 is 6.04 Å². The summed E-state index contributed by atoms with van der Waals surface area (Å²) in [4.78, 5) is 28.4. The Bertz CT molecular complexity index is 941. The molecule has 2 aromatic rings. The summed E-state index contributed by atoms with van der Waals surface area (Å²) in [6.07, 6.45) is 6.01. The number of carbonyl (C=O) groups excluding carboxylic acids is 2. The van der Waals surface area contributed by atoms with Gasteiger partial charge in [-0.2, -0.15) is 0 Å². The van der Waals surface area contributed by atoms with Crippen LogP contribution in [-0.4, -0.2) is 34.6 Å². The van der Waals surface area contributed by atoms with Gasteiger partial charge in [0, 0.05) is 33.9 Å². The minimum Gasteiger partial charge on any atom is -0.352 e. The van der Waals surface area contributed by atoms with Crippen LogP contribution in [0.15, 0.2) is 42.5 Å². The van der Waals surface area contributed by atoms with Gasteiger partial charge >= 0.3 is 0 Å². The van der Waals surface area contributed by atoms with Gasteiger partial charge in [-0.1, -0.05) is 85.3 Å². The van der Waals surface area contributed by atoms with Crippen LogP contribution in [-0.2, 0) is 21.9 Å². The predicted molar refractivity (Wildman–Crippen MR) is 143 cm³/mol. The first-order valence-electron chi connectivity index (χ1n) is 12.0. The predicted octanol–water partition coefficient (Wildman–Crippen LogP) is 6.79. The van der Waals surface area contributed by atoms with E-state index in [2.05, 4.69) is 36.5 Å². The highest BCUT2D eigenvalue weighted by atomic mass is 35.5. The average Bonchev–Trinajstić information content (AvgIpc) is 2.82. The quantitative estimate of drug-likeness (QED) is 0.375. The van der Waals surface area contributed by atoms with Crippen molar-refractivity contribution in [2.24, 2.45) is 0 Å². The van der Waals surface area contributed by atoms with Crippen molar-refractivity contribution in [3.8, 4) is 0 Å². The number of thioether (sulfide) groups is 1. The molecule has 1 N–H and O–H groups in total. The number of nitrogens with zero attached hydrogens (tertiary/aromatic N) is 1. The summed E-state index contributed by atoms with van der Waals surface area (Å²) in [5.74, 6) is 0.842. The van der Waals surface area contributed by atoms with E-state index in [-0.39, 0.29) is 30.2 Å². The number of rotatable bonds is 10. The average molecular weight is 522 g/mol. The summed E-state index contributed by atoms with van der Waals surface area (Å²) in [5, 5.41) is 4.20. The summed E-state index contributed by atoms with van der Waals surface area (Å²) < 4.78 is 0. The van der Waals surface area contributed by atoms with E-state index in [0.717, 1.165) is 31.4 Å². The van der Waals surface area contributed by atoms with Crippen LogP contribution < -0.4 is 5.32 Å². The minimum atomic E-state index is -0.568. The Morgan fingerprint density at radius 3 is 2.32 bits per heavy atom. The van der Waals surface area contributed by atoms with Crippen molar-refractivity contribution in [3.63, 3.8) is 0 Å².